The van der Waals surface area contributed by atoms with Crippen molar-refractivity contribution in [2.45, 2.75) is 38.9 Å². The molecule has 110 valence electrons. The molecule has 20 heavy (non-hydrogen) atoms. The molecule has 2 nitrogen and oxygen atoms in total. The molecule has 0 spiro atoms. The zero-order valence-corrected chi connectivity index (χ0v) is 11.7. The van der Waals surface area contributed by atoms with Gasteiger partial charge in [0.05, 0.1) is 11.3 Å². The van der Waals surface area contributed by atoms with Gasteiger partial charge in [-0.1, -0.05) is 12.2 Å². The van der Waals surface area contributed by atoms with Gasteiger partial charge >= 0.3 is 6.18 Å². The van der Waals surface area contributed by atoms with E-state index in [4.69, 9.17) is 0 Å². The molecule has 0 aromatic heterocycles. The van der Waals surface area contributed by atoms with Crippen molar-refractivity contribution in [1.82, 2.24) is 4.90 Å². The average Bonchev–Trinajstić information content (AvgIpc) is 2.64. The van der Waals surface area contributed by atoms with Gasteiger partial charge in [-0.15, -0.1) is 0 Å². The van der Waals surface area contributed by atoms with Crippen LogP contribution in [0.2, 0.25) is 0 Å². The van der Waals surface area contributed by atoms with Crippen molar-refractivity contribution >= 4 is 6.21 Å². The summed E-state index contributed by atoms with van der Waals surface area (Å²) < 4.78 is 38.5. The zero-order chi connectivity index (χ0) is 14.8. The predicted octanol–water partition coefficient (Wildman–Crippen LogP) is 3.87. The molecule has 0 fully saturated rings. The summed E-state index contributed by atoms with van der Waals surface area (Å²) in [5, 5.41) is 0. The molecule has 2 rings (SSSR count). The molecule has 0 aliphatic carbocycles. The third-order valence-electron chi connectivity index (χ3n) is 3.59. The van der Waals surface area contributed by atoms with E-state index in [2.05, 4.69) is 23.7 Å². The Kier molecular flexibility index (Phi) is 4.48. The molecule has 2 aliphatic rings. The van der Waals surface area contributed by atoms with E-state index in [1.807, 2.05) is 6.08 Å². The summed E-state index contributed by atoms with van der Waals surface area (Å²) in [6, 6.07) is 0.449. The Balaban J connectivity index is 2.20. The van der Waals surface area contributed by atoms with Gasteiger partial charge in [-0.05, 0) is 31.9 Å². The minimum Gasteiger partial charge on any atom is -0.297 e. The second-order valence-corrected chi connectivity index (χ2v) is 5.30. The quantitative estimate of drug-likeness (QED) is 0.751. The lowest BCUT2D eigenvalue weighted by atomic mass is 10.0. The lowest BCUT2D eigenvalue weighted by Gasteiger charge is -2.29. The molecule has 0 N–H and O–H groups in total. The second kappa shape index (κ2) is 5.95. The van der Waals surface area contributed by atoms with Crippen molar-refractivity contribution in [3.8, 4) is 0 Å². The van der Waals surface area contributed by atoms with Crippen LogP contribution in [0.1, 0.15) is 26.7 Å². The lowest BCUT2D eigenvalue weighted by Crippen LogP contribution is -2.34. The standard InChI is InChI=1S/C15H19F3N2/c1-11(2)20-8-5-12(6-9-20)14-10-13(15(16,17)18)4-3-7-19-14/h4-5,7,10-11H,3,6,8-9H2,1-2H3. The number of alkyl halides is 3. The lowest BCUT2D eigenvalue weighted by molar-refractivity contribution is -0.0884. The molecule has 0 bridgehead atoms. The fourth-order valence-electron chi connectivity index (χ4n) is 2.33. The smallest absolute Gasteiger partial charge is 0.297 e. The molecule has 0 saturated carbocycles. The zero-order valence-electron chi connectivity index (χ0n) is 11.7. The van der Waals surface area contributed by atoms with Crippen molar-refractivity contribution < 1.29 is 13.2 Å². The van der Waals surface area contributed by atoms with Crippen LogP contribution in [-0.2, 0) is 0 Å². The summed E-state index contributed by atoms with van der Waals surface area (Å²) in [4.78, 5) is 6.46. The van der Waals surface area contributed by atoms with Gasteiger partial charge in [-0.2, -0.15) is 13.2 Å². The highest BCUT2D eigenvalue weighted by Gasteiger charge is 2.32. The van der Waals surface area contributed by atoms with Crippen LogP contribution in [0.5, 0.6) is 0 Å². The summed E-state index contributed by atoms with van der Waals surface area (Å²) >= 11 is 0. The first-order chi connectivity index (χ1) is 9.38. The molecule has 0 unspecified atom stereocenters. The van der Waals surface area contributed by atoms with E-state index in [1.165, 1.54) is 12.2 Å². The van der Waals surface area contributed by atoms with E-state index in [0.717, 1.165) is 25.1 Å². The van der Waals surface area contributed by atoms with Crippen LogP contribution < -0.4 is 0 Å². The van der Waals surface area contributed by atoms with Gasteiger partial charge in [0.1, 0.15) is 0 Å². The second-order valence-electron chi connectivity index (χ2n) is 5.30. The van der Waals surface area contributed by atoms with Gasteiger partial charge in [-0.3, -0.25) is 9.89 Å². The van der Waals surface area contributed by atoms with Crippen molar-refractivity contribution in [2.24, 2.45) is 4.99 Å². The van der Waals surface area contributed by atoms with Crippen LogP contribution in [0, 0.1) is 0 Å². The summed E-state index contributed by atoms with van der Waals surface area (Å²) in [6.45, 7) is 5.87. The van der Waals surface area contributed by atoms with Gasteiger partial charge in [0.2, 0.25) is 0 Å². The van der Waals surface area contributed by atoms with Gasteiger partial charge in [0.15, 0.2) is 0 Å². The number of hydrogen-bond acceptors (Lipinski definition) is 2. The minimum absolute atomic E-state index is 0.222. The minimum atomic E-state index is -4.31. The Labute approximate surface area is 117 Å². The number of hydrogen-bond donors (Lipinski definition) is 0. The number of allylic oxidation sites excluding steroid dienone is 4. The summed E-state index contributed by atoms with van der Waals surface area (Å²) in [7, 11) is 0. The number of aliphatic imine (C=N–C) groups is 1. The molecular weight excluding hydrogens is 265 g/mol. The van der Waals surface area contributed by atoms with Crippen LogP contribution in [0.3, 0.4) is 0 Å². The number of rotatable bonds is 2. The monoisotopic (exact) mass is 284 g/mol. The molecule has 0 saturated heterocycles. The fourth-order valence-corrected chi connectivity index (χ4v) is 2.33. The van der Waals surface area contributed by atoms with E-state index in [1.54, 1.807) is 6.21 Å². The summed E-state index contributed by atoms with van der Waals surface area (Å²) in [5.41, 5.74) is 0.766. The van der Waals surface area contributed by atoms with Crippen molar-refractivity contribution in [2.75, 3.05) is 13.1 Å². The maximum absolute atomic E-state index is 12.8. The van der Waals surface area contributed by atoms with Crippen LogP contribution in [0.15, 0.2) is 40.1 Å². The highest BCUT2D eigenvalue weighted by atomic mass is 19.4. The molecular formula is C15H19F3N2. The van der Waals surface area contributed by atoms with E-state index in [-0.39, 0.29) is 6.42 Å². The highest BCUT2D eigenvalue weighted by Crippen LogP contribution is 2.31. The van der Waals surface area contributed by atoms with E-state index in [9.17, 15) is 13.2 Å². The maximum atomic E-state index is 12.8. The van der Waals surface area contributed by atoms with E-state index < -0.39 is 11.7 Å². The maximum Gasteiger partial charge on any atom is 0.416 e. The normalized spacial score (nSPS) is 21.4. The van der Waals surface area contributed by atoms with Crippen LogP contribution in [0.25, 0.3) is 0 Å². The number of nitrogens with zero attached hydrogens (tertiary/aromatic N) is 2. The Bertz CT molecular complexity index is 482. The Hall–Kier alpha value is -1.36. The third kappa shape index (κ3) is 3.60. The molecule has 2 aliphatic heterocycles. The first-order valence-corrected chi connectivity index (χ1v) is 6.83. The van der Waals surface area contributed by atoms with Crippen LogP contribution in [0.4, 0.5) is 13.2 Å². The Morgan fingerprint density at radius 2 is 2.00 bits per heavy atom. The Morgan fingerprint density at radius 1 is 1.25 bits per heavy atom. The largest absolute Gasteiger partial charge is 0.416 e. The molecule has 0 atom stereocenters. The van der Waals surface area contributed by atoms with E-state index in [0.29, 0.717) is 11.7 Å². The Morgan fingerprint density at radius 3 is 2.55 bits per heavy atom. The molecule has 0 radical (unpaired) electrons. The third-order valence-corrected chi connectivity index (χ3v) is 3.59. The van der Waals surface area contributed by atoms with Crippen molar-refractivity contribution in [3.05, 3.63) is 35.1 Å². The number of halogens is 3. The molecule has 2 heterocycles. The first kappa shape index (κ1) is 15.0. The predicted molar refractivity (Wildman–Crippen MR) is 74.7 cm³/mol. The summed E-state index contributed by atoms with van der Waals surface area (Å²) in [6.07, 6.45) is 2.54. The topological polar surface area (TPSA) is 15.6 Å². The van der Waals surface area contributed by atoms with Gasteiger partial charge in [-0.25, -0.2) is 0 Å². The fraction of sp³-hybridized carbons (Fsp3) is 0.533. The SMILES string of the molecule is CC(C)N1CC=C(C2=CC(C(F)(F)F)=CCC=N2)CC1. The molecule has 0 aromatic rings. The van der Waals surface area contributed by atoms with Gasteiger partial charge in [0, 0.05) is 31.8 Å². The van der Waals surface area contributed by atoms with Crippen molar-refractivity contribution in [3.63, 3.8) is 0 Å². The van der Waals surface area contributed by atoms with E-state index >= 15 is 0 Å². The highest BCUT2D eigenvalue weighted by molar-refractivity contribution is 5.65. The average molecular weight is 284 g/mol. The van der Waals surface area contributed by atoms with Gasteiger partial charge < -0.3 is 0 Å². The molecule has 0 aromatic carbocycles. The molecule has 0 amide bonds. The summed E-state index contributed by atoms with van der Waals surface area (Å²) in [5.74, 6) is 0. The first-order valence-electron chi connectivity index (χ1n) is 6.83. The van der Waals surface area contributed by atoms with Crippen LogP contribution >= 0.6 is 0 Å². The van der Waals surface area contributed by atoms with Gasteiger partial charge in [0.25, 0.3) is 0 Å². The van der Waals surface area contributed by atoms with Crippen LogP contribution in [-0.4, -0.2) is 36.4 Å². The van der Waals surface area contributed by atoms with Crippen molar-refractivity contribution in [1.29, 1.82) is 0 Å². The molecule has 5 heteroatoms.